The van der Waals surface area contributed by atoms with Gasteiger partial charge in [-0.15, -0.1) is 0 Å². The molecule has 0 amide bonds. The maximum absolute atomic E-state index is 5.48. The van der Waals surface area contributed by atoms with Gasteiger partial charge in [-0.05, 0) is 89.0 Å². The molecule has 0 spiro atoms. The summed E-state index contributed by atoms with van der Waals surface area (Å²) in [5, 5.41) is 7.47. The van der Waals surface area contributed by atoms with Gasteiger partial charge in [0.25, 0.3) is 0 Å². The molecule has 1 aliphatic carbocycles. The van der Waals surface area contributed by atoms with E-state index in [2.05, 4.69) is 231 Å². The van der Waals surface area contributed by atoms with Gasteiger partial charge in [0.15, 0.2) is 5.82 Å². The van der Waals surface area contributed by atoms with Gasteiger partial charge in [0.1, 0.15) is 0 Å². The molecule has 0 radical (unpaired) electrons. The predicted molar refractivity (Wildman–Crippen MR) is 254 cm³/mol. The van der Waals surface area contributed by atoms with E-state index in [1.807, 2.05) is 0 Å². The molecular weight excluding hydrogens is 737 g/mol. The van der Waals surface area contributed by atoms with Gasteiger partial charge in [0, 0.05) is 16.7 Å². The average Bonchev–Trinajstić information content (AvgIpc) is 3.65. The monoisotopic (exact) mass is 774 g/mol. The second-order valence-corrected chi connectivity index (χ2v) is 16.0. The van der Waals surface area contributed by atoms with Crippen molar-refractivity contribution < 1.29 is 0 Å². The molecule has 10 aromatic carbocycles. The van der Waals surface area contributed by atoms with Crippen molar-refractivity contribution in [2.24, 2.45) is 0 Å². The summed E-state index contributed by atoms with van der Waals surface area (Å²) in [6.07, 6.45) is 0. The van der Waals surface area contributed by atoms with Gasteiger partial charge < -0.3 is 0 Å². The van der Waals surface area contributed by atoms with Crippen LogP contribution in [0.4, 0.5) is 0 Å². The molecule has 0 unspecified atom stereocenters. The number of fused-ring (bicyclic) bond motifs is 7. The van der Waals surface area contributed by atoms with Gasteiger partial charge in [-0.1, -0.05) is 218 Å². The maximum Gasteiger partial charge on any atom is 0.160 e. The molecule has 0 atom stereocenters. The summed E-state index contributed by atoms with van der Waals surface area (Å²) in [6.45, 7) is 0. The van der Waals surface area contributed by atoms with Crippen molar-refractivity contribution in [1.29, 1.82) is 0 Å². The molecule has 2 heteroatoms. The molecule has 0 N–H and O–H groups in total. The zero-order chi connectivity index (χ0) is 40.3. The second-order valence-electron chi connectivity index (χ2n) is 16.0. The number of rotatable bonds is 6. The average molecular weight is 775 g/mol. The predicted octanol–water partition coefficient (Wildman–Crippen LogP) is 15.0. The van der Waals surface area contributed by atoms with E-state index in [-0.39, 0.29) is 0 Å². The van der Waals surface area contributed by atoms with Crippen molar-refractivity contribution in [2.45, 2.75) is 5.41 Å². The van der Waals surface area contributed by atoms with Crippen molar-refractivity contribution >= 4 is 32.3 Å². The molecule has 61 heavy (non-hydrogen) atoms. The van der Waals surface area contributed by atoms with Gasteiger partial charge >= 0.3 is 0 Å². The quantitative estimate of drug-likeness (QED) is 0.124. The third-order valence-corrected chi connectivity index (χ3v) is 12.7. The Morgan fingerprint density at radius 1 is 0.311 bits per heavy atom. The van der Waals surface area contributed by atoms with E-state index in [9.17, 15) is 0 Å². The van der Waals surface area contributed by atoms with Crippen LogP contribution in [0.15, 0.2) is 231 Å². The van der Waals surface area contributed by atoms with Crippen molar-refractivity contribution in [2.75, 3.05) is 0 Å². The number of nitrogens with zero attached hydrogens (tertiary/aromatic N) is 2. The van der Waals surface area contributed by atoms with Crippen LogP contribution in [0.5, 0.6) is 0 Å². The molecule has 0 aliphatic heterocycles. The minimum atomic E-state index is -0.504. The van der Waals surface area contributed by atoms with Crippen LogP contribution < -0.4 is 0 Å². The summed E-state index contributed by atoms with van der Waals surface area (Å²) in [5.41, 5.74) is 14.2. The van der Waals surface area contributed by atoms with E-state index >= 15 is 0 Å². The fourth-order valence-corrected chi connectivity index (χ4v) is 10.1. The van der Waals surface area contributed by atoms with Crippen LogP contribution >= 0.6 is 0 Å². The minimum Gasteiger partial charge on any atom is -0.228 e. The van der Waals surface area contributed by atoms with Crippen LogP contribution in [0.2, 0.25) is 0 Å². The van der Waals surface area contributed by atoms with Gasteiger partial charge in [-0.25, -0.2) is 9.97 Å². The van der Waals surface area contributed by atoms with Crippen LogP contribution in [0, 0.1) is 0 Å². The zero-order valence-corrected chi connectivity index (χ0v) is 33.3. The molecule has 2 nitrogen and oxygen atoms in total. The standard InChI is InChI=1S/C59H38N2/c1-4-18-40(19-5-1)53-38-54(50-28-16-30-52-57(50)49-27-14-15-29-51(49)59(52,45-21-6-2-7-22-45)46-23-8-3-9-24-46)61-58(60-53)42-34-32-41(33-35-42)55-48-26-13-11-20-43(48)37-44-36-31-39-17-10-12-25-47(39)56(44)55/h1-38H. The number of benzene rings is 10. The fourth-order valence-electron chi connectivity index (χ4n) is 10.1. The molecular formula is C59H38N2. The summed E-state index contributed by atoms with van der Waals surface area (Å²) in [6, 6.07) is 83.4. The minimum absolute atomic E-state index is 0.504. The third-order valence-electron chi connectivity index (χ3n) is 12.7. The van der Waals surface area contributed by atoms with Gasteiger partial charge in [-0.2, -0.15) is 0 Å². The molecule has 284 valence electrons. The largest absolute Gasteiger partial charge is 0.228 e. The highest BCUT2D eigenvalue weighted by molar-refractivity contribution is 6.22. The van der Waals surface area contributed by atoms with E-state index < -0.39 is 5.41 Å². The summed E-state index contributed by atoms with van der Waals surface area (Å²) in [5.74, 6) is 0.692. The lowest BCUT2D eigenvalue weighted by Crippen LogP contribution is -2.28. The summed E-state index contributed by atoms with van der Waals surface area (Å²) in [4.78, 5) is 10.8. The van der Waals surface area contributed by atoms with Crippen LogP contribution in [-0.2, 0) is 5.41 Å². The Balaban J connectivity index is 1.07. The first-order valence-corrected chi connectivity index (χ1v) is 21.0. The Hall–Kier alpha value is -7.94. The smallest absolute Gasteiger partial charge is 0.160 e. The lowest BCUT2D eigenvalue weighted by Gasteiger charge is -2.33. The lowest BCUT2D eigenvalue weighted by molar-refractivity contribution is 0.768. The SMILES string of the molecule is c1ccc(-c2cc(-c3cccc4c3-c3ccccc3C4(c3ccccc3)c3ccccc3)nc(-c3ccc(-c4c5ccccc5cc5ccc6ccccc6c45)cc3)n2)cc1. The van der Waals surface area contributed by atoms with Crippen LogP contribution in [-0.4, -0.2) is 9.97 Å². The van der Waals surface area contributed by atoms with E-state index in [0.29, 0.717) is 5.82 Å². The highest BCUT2D eigenvalue weighted by Crippen LogP contribution is 2.58. The first-order chi connectivity index (χ1) is 30.3. The maximum atomic E-state index is 5.48. The van der Waals surface area contributed by atoms with E-state index in [1.165, 1.54) is 71.3 Å². The Morgan fingerprint density at radius 3 is 1.62 bits per heavy atom. The summed E-state index contributed by atoms with van der Waals surface area (Å²) < 4.78 is 0. The Kier molecular flexibility index (Phi) is 8.11. The first-order valence-electron chi connectivity index (χ1n) is 21.0. The van der Waals surface area contributed by atoms with Crippen molar-refractivity contribution in [3.63, 3.8) is 0 Å². The van der Waals surface area contributed by atoms with Crippen molar-refractivity contribution in [3.8, 4) is 56.2 Å². The summed E-state index contributed by atoms with van der Waals surface area (Å²) in [7, 11) is 0. The van der Waals surface area contributed by atoms with Crippen molar-refractivity contribution in [3.05, 3.63) is 253 Å². The highest BCUT2D eigenvalue weighted by Gasteiger charge is 2.46. The molecule has 12 rings (SSSR count). The number of aromatic nitrogens is 2. The second kappa shape index (κ2) is 14.1. The van der Waals surface area contributed by atoms with Crippen LogP contribution in [0.1, 0.15) is 22.3 Å². The van der Waals surface area contributed by atoms with Crippen molar-refractivity contribution in [1.82, 2.24) is 9.97 Å². The fraction of sp³-hybridized carbons (Fsp3) is 0.0169. The van der Waals surface area contributed by atoms with E-state index in [4.69, 9.17) is 9.97 Å². The summed E-state index contributed by atoms with van der Waals surface area (Å²) >= 11 is 0. The van der Waals surface area contributed by atoms with Crippen LogP contribution in [0.3, 0.4) is 0 Å². The van der Waals surface area contributed by atoms with E-state index in [0.717, 1.165) is 33.6 Å². The molecule has 0 saturated carbocycles. The van der Waals surface area contributed by atoms with Gasteiger partial charge in [-0.3, -0.25) is 0 Å². The van der Waals surface area contributed by atoms with Gasteiger partial charge in [0.2, 0.25) is 0 Å². The van der Waals surface area contributed by atoms with Crippen LogP contribution in [0.25, 0.3) is 88.5 Å². The molecule has 0 saturated heterocycles. The molecule has 1 heterocycles. The highest BCUT2D eigenvalue weighted by atomic mass is 14.9. The molecule has 11 aromatic rings. The Bertz CT molecular complexity index is 3410. The Labute approximate surface area is 355 Å². The normalized spacial score (nSPS) is 12.7. The number of hydrogen-bond acceptors (Lipinski definition) is 2. The van der Waals surface area contributed by atoms with Gasteiger partial charge in [0.05, 0.1) is 16.8 Å². The first kappa shape index (κ1) is 35.0. The lowest BCUT2D eigenvalue weighted by atomic mass is 9.67. The molecule has 0 bridgehead atoms. The topological polar surface area (TPSA) is 25.8 Å². The number of hydrogen-bond donors (Lipinski definition) is 0. The van der Waals surface area contributed by atoms with E-state index in [1.54, 1.807) is 0 Å². The Morgan fingerprint density at radius 2 is 0.869 bits per heavy atom. The molecule has 0 fully saturated rings. The third kappa shape index (κ3) is 5.50. The zero-order valence-electron chi connectivity index (χ0n) is 33.3. The molecule has 1 aliphatic rings. The molecule has 1 aromatic heterocycles.